The third-order valence-corrected chi connectivity index (χ3v) is 3.50. The van der Waals surface area contributed by atoms with Crippen LogP contribution in [0.3, 0.4) is 0 Å². The Morgan fingerprint density at radius 1 is 1.30 bits per heavy atom. The number of rotatable bonds is 9. The molecule has 0 fully saturated rings. The zero-order valence-corrected chi connectivity index (χ0v) is 13.4. The summed E-state index contributed by atoms with van der Waals surface area (Å²) >= 11 is 0. The van der Waals surface area contributed by atoms with E-state index in [0.29, 0.717) is 6.04 Å². The van der Waals surface area contributed by atoms with Gasteiger partial charge in [-0.1, -0.05) is 13.0 Å². The molecule has 114 valence electrons. The largest absolute Gasteiger partial charge is 0.496 e. The summed E-state index contributed by atoms with van der Waals surface area (Å²) in [6.45, 7) is 7.74. The molecule has 0 aliphatic carbocycles. The molecule has 0 saturated heterocycles. The molecule has 1 aromatic carbocycles. The number of ether oxygens (including phenoxy) is 2. The Hall–Kier alpha value is -1.10. The second kappa shape index (κ2) is 8.95. The van der Waals surface area contributed by atoms with Crippen LogP contribution in [0, 0.1) is 0 Å². The number of likely N-dealkylation sites (N-methyl/N-ethyl adjacent to an activating group) is 1. The van der Waals surface area contributed by atoms with Crippen molar-refractivity contribution in [1.82, 2.24) is 10.2 Å². The maximum Gasteiger partial charge on any atom is 0.123 e. The molecule has 1 rings (SSSR count). The first-order valence-electron chi connectivity index (χ1n) is 7.18. The molecular weight excluding hydrogens is 252 g/mol. The summed E-state index contributed by atoms with van der Waals surface area (Å²) in [7, 11) is 5.57. The highest BCUT2D eigenvalue weighted by Gasteiger charge is 2.12. The predicted molar refractivity (Wildman–Crippen MR) is 83.2 cm³/mol. The fourth-order valence-electron chi connectivity index (χ4n) is 2.13. The van der Waals surface area contributed by atoms with Crippen molar-refractivity contribution in [2.45, 2.75) is 33.0 Å². The lowest BCUT2D eigenvalue weighted by Crippen LogP contribution is -2.32. The van der Waals surface area contributed by atoms with E-state index in [0.717, 1.165) is 32.0 Å². The predicted octanol–water partition coefficient (Wildman–Crippen LogP) is 2.27. The number of hydrogen-bond acceptors (Lipinski definition) is 4. The molecule has 0 aliphatic heterocycles. The van der Waals surface area contributed by atoms with Gasteiger partial charge in [0.2, 0.25) is 0 Å². The van der Waals surface area contributed by atoms with Crippen molar-refractivity contribution in [3.8, 4) is 5.75 Å². The van der Waals surface area contributed by atoms with Gasteiger partial charge in [0.05, 0.1) is 13.7 Å². The molecule has 0 amide bonds. The number of benzene rings is 1. The van der Waals surface area contributed by atoms with Crippen LogP contribution in [-0.4, -0.2) is 45.4 Å². The van der Waals surface area contributed by atoms with Gasteiger partial charge in [-0.05, 0) is 38.2 Å². The topological polar surface area (TPSA) is 33.7 Å². The summed E-state index contributed by atoms with van der Waals surface area (Å²) in [6, 6.07) is 6.76. The van der Waals surface area contributed by atoms with Crippen molar-refractivity contribution in [3.05, 3.63) is 29.3 Å². The highest BCUT2D eigenvalue weighted by molar-refractivity contribution is 5.37. The lowest BCUT2D eigenvalue weighted by molar-refractivity contribution is 0.111. The Bertz CT molecular complexity index is 396. The van der Waals surface area contributed by atoms with E-state index in [4.69, 9.17) is 9.47 Å². The normalized spacial score (nSPS) is 12.7. The maximum absolute atomic E-state index is 5.47. The molecular formula is C16H28N2O2. The van der Waals surface area contributed by atoms with Gasteiger partial charge >= 0.3 is 0 Å². The van der Waals surface area contributed by atoms with Gasteiger partial charge in [0.25, 0.3) is 0 Å². The van der Waals surface area contributed by atoms with E-state index in [1.165, 1.54) is 11.1 Å². The van der Waals surface area contributed by atoms with Gasteiger partial charge in [-0.25, -0.2) is 0 Å². The van der Waals surface area contributed by atoms with Crippen LogP contribution < -0.4 is 10.1 Å². The summed E-state index contributed by atoms with van der Waals surface area (Å²) in [5.74, 6) is 0.946. The van der Waals surface area contributed by atoms with Gasteiger partial charge in [-0.15, -0.1) is 0 Å². The quantitative estimate of drug-likeness (QED) is 0.752. The second-order valence-electron chi connectivity index (χ2n) is 5.15. The van der Waals surface area contributed by atoms with Crippen LogP contribution in [-0.2, 0) is 17.8 Å². The summed E-state index contributed by atoms with van der Waals surface area (Å²) in [5.41, 5.74) is 2.50. The second-order valence-corrected chi connectivity index (χ2v) is 5.15. The molecule has 1 atom stereocenters. The van der Waals surface area contributed by atoms with E-state index in [1.807, 2.05) is 0 Å². The lowest BCUT2D eigenvalue weighted by atomic mass is 10.1. The molecule has 0 aliphatic rings. The minimum atomic E-state index is 0.377. The van der Waals surface area contributed by atoms with E-state index in [9.17, 15) is 0 Å². The smallest absolute Gasteiger partial charge is 0.123 e. The van der Waals surface area contributed by atoms with Gasteiger partial charge in [-0.2, -0.15) is 0 Å². The van der Waals surface area contributed by atoms with Crippen LogP contribution in [0.2, 0.25) is 0 Å². The standard InChI is InChI=1S/C16H28N2O2/c1-6-17-10-14-7-8-16(20-5)15(9-14)11-18(3)13(2)12-19-4/h7-9,13,17H,6,10-12H2,1-5H3. The molecule has 20 heavy (non-hydrogen) atoms. The molecule has 0 bridgehead atoms. The number of hydrogen-bond donors (Lipinski definition) is 1. The highest BCUT2D eigenvalue weighted by Crippen LogP contribution is 2.22. The molecule has 0 radical (unpaired) electrons. The van der Waals surface area contributed by atoms with Crippen molar-refractivity contribution in [1.29, 1.82) is 0 Å². The van der Waals surface area contributed by atoms with E-state index < -0.39 is 0 Å². The monoisotopic (exact) mass is 280 g/mol. The molecule has 1 aromatic rings. The first kappa shape index (κ1) is 17.0. The van der Waals surface area contributed by atoms with E-state index >= 15 is 0 Å². The fraction of sp³-hybridized carbons (Fsp3) is 0.625. The fourth-order valence-corrected chi connectivity index (χ4v) is 2.13. The summed E-state index contributed by atoms with van der Waals surface area (Å²) in [6.07, 6.45) is 0. The minimum absolute atomic E-state index is 0.377. The van der Waals surface area contributed by atoms with Crippen LogP contribution in [0.1, 0.15) is 25.0 Å². The minimum Gasteiger partial charge on any atom is -0.496 e. The molecule has 1 N–H and O–H groups in total. The number of nitrogens with one attached hydrogen (secondary N) is 1. The lowest BCUT2D eigenvalue weighted by Gasteiger charge is -2.25. The SMILES string of the molecule is CCNCc1ccc(OC)c(CN(C)C(C)COC)c1. The van der Waals surface area contributed by atoms with Crippen molar-refractivity contribution in [2.75, 3.05) is 34.4 Å². The van der Waals surface area contributed by atoms with Crippen LogP contribution in [0.15, 0.2) is 18.2 Å². The van der Waals surface area contributed by atoms with Crippen molar-refractivity contribution >= 4 is 0 Å². The van der Waals surface area contributed by atoms with Gasteiger partial charge in [0.15, 0.2) is 0 Å². The Morgan fingerprint density at radius 2 is 2.05 bits per heavy atom. The van der Waals surface area contributed by atoms with E-state index in [1.54, 1.807) is 14.2 Å². The average molecular weight is 280 g/mol. The van der Waals surface area contributed by atoms with E-state index in [-0.39, 0.29) is 0 Å². The summed E-state index contributed by atoms with van der Waals surface area (Å²) < 4.78 is 10.7. The first-order chi connectivity index (χ1) is 9.62. The van der Waals surface area contributed by atoms with Gasteiger partial charge < -0.3 is 14.8 Å². The maximum atomic E-state index is 5.47. The Labute approximate surface area is 123 Å². The van der Waals surface area contributed by atoms with Gasteiger partial charge in [-0.3, -0.25) is 4.90 Å². The van der Waals surface area contributed by atoms with Crippen LogP contribution in [0.4, 0.5) is 0 Å². The molecule has 0 aromatic heterocycles. The molecule has 0 saturated carbocycles. The average Bonchev–Trinajstić information content (AvgIpc) is 2.45. The van der Waals surface area contributed by atoms with E-state index in [2.05, 4.69) is 49.3 Å². The first-order valence-corrected chi connectivity index (χ1v) is 7.18. The van der Waals surface area contributed by atoms with Crippen LogP contribution >= 0.6 is 0 Å². The zero-order chi connectivity index (χ0) is 15.0. The zero-order valence-electron chi connectivity index (χ0n) is 13.4. The van der Waals surface area contributed by atoms with Crippen molar-refractivity contribution in [3.63, 3.8) is 0 Å². The van der Waals surface area contributed by atoms with Crippen molar-refractivity contribution < 1.29 is 9.47 Å². The molecule has 4 nitrogen and oxygen atoms in total. The molecule has 1 unspecified atom stereocenters. The Balaban J connectivity index is 2.79. The third kappa shape index (κ3) is 5.12. The molecule has 0 heterocycles. The number of nitrogens with zero attached hydrogens (tertiary/aromatic N) is 1. The summed E-state index contributed by atoms with van der Waals surface area (Å²) in [4.78, 5) is 2.28. The Morgan fingerprint density at radius 3 is 2.65 bits per heavy atom. The van der Waals surface area contributed by atoms with Crippen LogP contribution in [0.5, 0.6) is 5.75 Å². The van der Waals surface area contributed by atoms with Crippen molar-refractivity contribution in [2.24, 2.45) is 0 Å². The third-order valence-electron chi connectivity index (χ3n) is 3.50. The van der Waals surface area contributed by atoms with Gasteiger partial charge in [0.1, 0.15) is 5.75 Å². The molecule has 4 heteroatoms. The highest BCUT2D eigenvalue weighted by atomic mass is 16.5. The molecule has 0 spiro atoms. The summed E-state index contributed by atoms with van der Waals surface area (Å²) in [5, 5.41) is 3.35. The Kier molecular flexibility index (Phi) is 7.59. The van der Waals surface area contributed by atoms with Crippen LogP contribution in [0.25, 0.3) is 0 Å². The van der Waals surface area contributed by atoms with Gasteiger partial charge in [0, 0.05) is 31.8 Å². The number of methoxy groups -OCH3 is 2.